The van der Waals surface area contributed by atoms with Crippen LogP contribution in [0, 0.1) is 13.8 Å². The first kappa shape index (κ1) is 28.8. The van der Waals surface area contributed by atoms with Crippen LogP contribution < -0.4 is 0 Å². The lowest BCUT2D eigenvalue weighted by Crippen LogP contribution is -2.34. The maximum absolute atomic E-state index is 12.7. The zero-order valence-electron chi connectivity index (χ0n) is 25.1. The first-order chi connectivity index (χ1) is 21.6. The average Bonchev–Trinajstić information content (AvgIpc) is 3.66. The minimum Gasteiger partial charge on any atom is -0.463 e. The van der Waals surface area contributed by atoms with E-state index in [0.717, 1.165) is 46.7 Å². The summed E-state index contributed by atoms with van der Waals surface area (Å²) in [6.07, 6.45) is 5.39. The second-order valence-corrected chi connectivity index (χ2v) is 12.3. The highest BCUT2D eigenvalue weighted by Crippen LogP contribution is 2.45. The molecule has 0 aliphatic heterocycles. The molecule has 0 bridgehead atoms. The number of aliphatic hydroxyl groups is 2. The van der Waals surface area contributed by atoms with Crippen molar-refractivity contribution in [2.45, 2.75) is 52.1 Å². The fourth-order valence-electron chi connectivity index (χ4n) is 7.16. The molecular weight excluding hydrogens is 572 g/mol. The van der Waals surface area contributed by atoms with Gasteiger partial charge in [-0.2, -0.15) is 0 Å². The molecule has 3 aliphatic carbocycles. The van der Waals surface area contributed by atoms with Crippen molar-refractivity contribution < 1.29 is 38.2 Å². The van der Waals surface area contributed by atoms with Gasteiger partial charge in [0.1, 0.15) is 11.5 Å². The van der Waals surface area contributed by atoms with Crippen LogP contribution in [0.3, 0.4) is 0 Å². The van der Waals surface area contributed by atoms with Crippen LogP contribution in [0.1, 0.15) is 89.0 Å². The molecule has 8 heteroatoms. The standard InChI is InChI=1S/C19H18O4.C18H12O4/c1-10-8-23-18-12-5-6-13-11(4-3-7-19(13,2)9-20)15(12)17(22)16(21)14(10)18;1-9-3-2-4-12-11(9)5-6-13-15(12)17(21)16(20)14-10(7-19)8-22-18(13)14/h5-6,8,20H,3-4,7,9H2,1-2H3;2-6,8,19H,7H2,1H3. The van der Waals surface area contributed by atoms with Gasteiger partial charge in [-0.15, -0.1) is 0 Å². The van der Waals surface area contributed by atoms with Crippen molar-refractivity contribution in [3.05, 3.63) is 105 Å². The highest BCUT2D eigenvalue weighted by molar-refractivity contribution is 6.55. The predicted octanol–water partition coefficient (Wildman–Crippen LogP) is 6.50. The summed E-state index contributed by atoms with van der Waals surface area (Å²) in [7, 11) is 0. The Bertz CT molecular complexity index is 2120. The maximum atomic E-state index is 12.7. The van der Waals surface area contributed by atoms with Crippen LogP contribution in [0.15, 0.2) is 63.8 Å². The normalized spacial score (nSPS) is 18.1. The first-order valence-electron chi connectivity index (χ1n) is 14.9. The molecule has 2 heterocycles. The Morgan fingerprint density at radius 2 is 1.36 bits per heavy atom. The summed E-state index contributed by atoms with van der Waals surface area (Å²) in [5.41, 5.74) is 6.39. The van der Waals surface area contributed by atoms with Crippen LogP contribution in [0.25, 0.3) is 33.4 Å². The van der Waals surface area contributed by atoms with Crippen molar-refractivity contribution >= 4 is 33.9 Å². The molecule has 1 atom stereocenters. The molecule has 0 radical (unpaired) electrons. The van der Waals surface area contributed by atoms with Gasteiger partial charge in [0.2, 0.25) is 23.1 Å². The molecule has 0 saturated heterocycles. The Morgan fingerprint density at radius 3 is 2.11 bits per heavy atom. The van der Waals surface area contributed by atoms with Gasteiger partial charge in [-0.1, -0.05) is 43.3 Å². The molecule has 2 aromatic heterocycles. The Morgan fingerprint density at radius 1 is 0.711 bits per heavy atom. The lowest BCUT2D eigenvalue weighted by atomic mass is 9.68. The predicted molar refractivity (Wildman–Crippen MR) is 166 cm³/mol. The van der Waals surface area contributed by atoms with E-state index in [2.05, 4.69) is 0 Å². The number of hydrogen-bond acceptors (Lipinski definition) is 8. The number of Topliss-reactive ketones (excluding diaryl/α,β-unsaturated/α-hetero) is 4. The minimum atomic E-state index is -0.616. The van der Waals surface area contributed by atoms with E-state index in [1.165, 1.54) is 12.5 Å². The number of carbonyl (C=O) groups excluding carboxylic acids is 4. The lowest BCUT2D eigenvalue weighted by Gasteiger charge is -2.36. The average molecular weight is 603 g/mol. The molecule has 0 fully saturated rings. The van der Waals surface area contributed by atoms with Gasteiger partial charge >= 0.3 is 0 Å². The van der Waals surface area contributed by atoms with E-state index < -0.39 is 23.1 Å². The molecule has 1 unspecified atom stereocenters. The van der Waals surface area contributed by atoms with Crippen molar-refractivity contribution in [1.82, 2.24) is 0 Å². The number of fused-ring (bicyclic) bond motifs is 10. The van der Waals surface area contributed by atoms with E-state index in [1.807, 2.05) is 50.2 Å². The topological polar surface area (TPSA) is 135 Å². The first-order valence-corrected chi connectivity index (χ1v) is 14.9. The fraction of sp³-hybridized carbons (Fsp3) is 0.243. The van der Waals surface area contributed by atoms with Gasteiger partial charge in [0.25, 0.3) is 0 Å². The molecule has 8 nitrogen and oxygen atoms in total. The quantitative estimate of drug-likeness (QED) is 0.219. The molecule has 0 saturated carbocycles. The monoisotopic (exact) mass is 602 g/mol. The molecular formula is C37H30O8. The van der Waals surface area contributed by atoms with Crippen molar-refractivity contribution in [3.8, 4) is 22.6 Å². The highest BCUT2D eigenvalue weighted by Gasteiger charge is 2.41. The molecule has 2 N–H and O–H groups in total. The van der Waals surface area contributed by atoms with E-state index in [9.17, 15) is 29.4 Å². The Hall–Kier alpha value is -4.92. The number of benzene rings is 3. The van der Waals surface area contributed by atoms with E-state index in [-0.39, 0.29) is 24.2 Å². The molecule has 8 rings (SSSR count). The van der Waals surface area contributed by atoms with E-state index in [1.54, 1.807) is 13.0 Å². The summed E-state index contributed by atoms with van der Waals surface area (Å²) in [5, 5.41) is 20.8. The summed E-state index contributed by atoms with van der Waals surface area (Å²) < 4.78 is 11.0. The van der Waals surface area contributed by atoms with Crippen LogP contribution in [-0.2, 0) is 18.4 Å². The van der Waals surface area contributed by atoms with Crippen molar-refractivity contribution in [1.29, 1.82) is 0 Å². The van der Waals surface area contributed by atoms with Crippen LogP contribution >= 0.6 is 0 Å². The van der Waals surface area contributed by atoms with Gasteiger partial charge in [0.05, 0.1) is 36.9 Å². The minimum absolute atomic E-state index is 0.0338. The van der Waals surface area contributed by atoms with Crippen molar-refractivity contribution in [3.63, 3.8) is 0 Å². The number of rotatable bonds is 2. The number of ketones is 4. The van der Waals surface area contributed by atoms with Gasteiger partial charge in [0, 0.05) is 33.2 Å². The van der Waals surface area contributed by atoms with Crippen LogP contribution in [-0.4, -0.2) is 40.0 Å². The third-order valence-electron chi connectivity index (χ3n) is 9.57. The third kappa shape index (κ3) is 4.06. The van der Waals surface area contributed by atoms with Crippen molar-refractivity contribution in [2.24, 2.45) is 0 Å². The molecule has 5 aromatic rings. The lowest BCUT2D eigenvalue weighted by molar-refractivity contribution is 0.0813. The number of aliphatic hydroxyl groups excluding tert-OH is 2. The molecule has 226 valence electrons. The van der Waals surface area contributed by atoms with Gasteiger partial charge < -0.3 is 19.0 Å². The zero-order valence-corrected chi connectivity index (χ0v) is 25.1. The Labute approximate surface area is 258 Å². The second-order valence-electron chi connectivity index (χ2n) is 12.3. The zero-order chi connectivity index (χ0) is 31.8. The molecule has 45 heavy (non-hydrogen) atoms. The third-order valence-corrected chi connectivity index (χ3v) is 9.57. The Kier molecular flexibility index (Phi) is 6.62. The molecule has 3 aliphatic rings. The Balaban J connectivity index is 0.000000145. The summed E-state index contributed by atoms with van der Waals surface area (Å²) in [6, 6.07) is 13.2. The van der Waals surface area contributed by atoms with E-state index >= 15 is 0 Å². The van der Waals surface area contributed by atoms with E-state index in [0.29, 0.717) is 50.5 Å². The van der Waals surface area contributed by atoms with E-state index in [4.69, 9.17) is 8.83 Å². The number of hydrogen-bond donors (Lipinski definition) is 2. The van der Waals surface area contributed by atoms with Gasteiger partial charge in [-0.3, -0.25) is 19.2 Å². The van der Waals surface area contributed by atoms with Gasteiger partial charge in [-0.05, 0) is 72.2 Å². The second kappa shape index (κ2) is 10.3. The van der Waals surface area contributed by atoms with Crippen LogP contribution in [0.2, 0.25) is 0 Å². The van der Waals surface area contributed by atoms with Gasteiger partial charge in [-0.25, -0.2) is 0 Å². The summed E-state index contributed by atoms with van der Waals surface area (Å²) in [6.45, 7) is 5.45. The number of furan rings is 2. The number of carbonyl (C=O) groups is 4. The van der Waals surface area contributed by atoms with Crippen LogP contribution in [0.4, 0.5) is 0 Å². The van der Waals surface area contributed by atoms with Gasteiger partial charge in [0.15, 0.2) is 0 Å². The highest BCUT2D eigenvalue weighted by atomic mass is 16.3. The van der Waals surface area contributed by atoms with Crippen molar-refractivity contribution in [2.75, 3.05) is 6.61 Å². The SMILES string of the molecule is Cc1cccc2c3c(ccc12)-c1occ(CO)c1C(=O)C3=O.Cc1coc2c1C(=O)C(=O)c1c-2ccc2c1CCCC2(C)CO. The smallest absolute Gasteiger partial charge is 0.237 e. The maximum Gasteiger partial charge on any atom is 0.237 e. The van der Waals surface area contributed by atoms with Crippen LogP contribution in [0.5, 0.6) is 0 Å². The largest absolute Gasteiger partial charge is 0.463 e. The summed E-state index contributed by atoms with van der Waals surface area (Å²) >= 11 is 0. The number of aryl methyl sites for hydroxylation is 2. The molecule has 0 amide bonds. The fourth-order valence-corrected chi connectivity index (χ4v) is 7.16. The summed E-state index contributed by atoms with van der Waals surface area (Å²) in [4.78, 5) is 50.3. The molecule has 3 aromatic carbocycles. The summed E-state index contributed by atoms with van der Waals surface area (Å²) in [5.74, 6) is -1.23. The molecule has 0 spiro atoms.